The number of nitrogens with zero attached hydrogens (tertiary/aromatic N) is 2. The summed E-state index contributed by atoms with van der Waals surface area (Å²) in [7, 11) is 0. The third-order valence-electron chi connectivity index (χ3n) is 2.58. The summed E-state index contributed by atoms with van der Waals surface area (Å²) in [5.74, 6) is -1.80. The van der Waals surface area contributed by atoms with Gasteiger partial charge in [0.2, 0.25) is 0 Å². The third-order valence-corrected chi connectivity index (χ3v) is 3.65. The van der Waals surface area contributed by atoms with Crippen LogP contribution in [0.5, 0.6) is 0 Å². The molecule has 0 aliphatic carbocycles. The van der Waals surface area contributed by atoms with Gasteiger partial charge in [-0.2, -0.15) is 8.75 Å². The molecule has 0 radical (unpaired) electrons. The van der Waals surface area contributed by atoms with Crippen LogP contribution >= 0.6 is 27.7 Å². The second-order valence-corrected chi connectivity index (χ2v) is 5.13. The van der Waals surface area contributed by atoms with Crippen LogP contribution in [0.25, 0.3) is 22.2 Å². The molecule has 2 aromatic carbocycles. The summed E-state index contributed by atoms with van der Waals surface area (Å²) in [5, 5.41) is 0. The molecule has 0 amide bonds. The Bertz CT molecular complexity index is 725. The standard InChI is InChI=1S/C12H5BrF2N2S/c13-7-3-1-6(2-4-7)10-11(15)8(14)5-9-12(10)17-18-16-9/h1-5H. The lowest BCUT2D eigenvalue weighted by Crippen LogP contribution is -1.92. The molecule has 0 fully saturated rings. The van der Waals surface area contributed by atoms with Crippen molar-refractivity contribution < 1.29 is 8.78 Å². The number of fused-ring (bicyclic) bond motifs is 1. The van der Waals surface area contributed by atoms with Crippen molar-refractivity contribution in [1.82, 2.24) is 8.75 Å². The first-order valence-corrected chi connectivity index (χ1v) is 6.55. The molecule has 1 aromatic heterocycles. The van der Waals surface area contributed by atoms with Crippen LogP contribution in [0.4, 0.5) is 8.78 Å². The highest BCUT2D eigenvalue weighted by molar-refractivity contribution is 9.10. The molecule has 0 aliphatic heterocycles. The highest BCUT2D eigenvalue weighted by atomic mass is 79.9. The Hall–Kier alpha value is -1.40. The van der Waals surface area contributed by atoms with E-state index >= 15 is 0 Å². The largest absolute Gasteiger partial charge is 0.204 e. The fraction of sp³-hybridized carbons (Fsp3) is 0. The normalized spacial score (nSPS) is 11.1. The van der Waals surface area contributed by atoms with Crippen LogP contribution in [-0.2, 0) is 0 Å². The van der Waals surface area contributed by atoms with Gasteiger partial charge in [-0.25, -0.2) is 8.78 Å². The van der Waals surface area contributed by atoms with E-state index in [0.717, 1.165) is 22.3 Å². The maximum atomic E-state index is 13.9. The van der Waals surface area contributed by atoms with Gasteiger partial charge in [0.25, 0.3) is 0 Å². The molecular weight excluding hydrogens is 322 g/mol. The number of benzene rings is 2. The maximum Gasteiger partial charge on any atom is 0.169 e. The first kappa shape index (κ1) is 11.7. The molecule has 0 aliphatic rings. The second-order valence-electron chi connectivity index (χ2n) is 3.69. The minimum atomic E-state index is -0.909. The molecule has 0 N–H and O–H groups in total. The van der Waals surface area contributed by atoms with E-state index in [4.69, 9.17) is 0 Å². The van der Waals surface area contributed by atoms with Crippen molar-refractivity contribution in [2.45, 2.75) is 0 Å². The molecule has 0 saturated carbocycles. The van der Waals surface area contributed by atoms with Gasteiger partial charge in [0.05, 0.1) is 11.7 Å². The lowest BCUT2D eigenvalue weighted by Gasteiger charge is -2.05. The Morgan fingerprint density at radius 2 is 1.78 bits per heavy atom. The monoisotopic (exact) mass is 326 g/mol. The Morgan fingerprint density at radius 1 is 1.06 bits per heavy atom. The van der Waals surface area contributed by atoms with Crippen LogP contribution in [0.1, 0.15) is 0 Å². The third kappa shape index (κ3) is 1.81. The zero-order valence-electron chi connectivity index (χ0n) is 8.82. The average Bonchev–Trinajstić information content (AvgIpc) is 2.80. The fourth-order valence-corrected chi connectivity index (χ4v) is 2.55. The van der Waals surface area contributed by atoms with Gasteiger partial charge in [-0.05, 0) is 17.7 Å². The van der Waals surface area contributed by atoms with Gasteiger partial charge < -0.3 is 0 Å². The van der Waals surface area contributed by atoms with Crippen LogP contribution in [0.2, 0.25) is 0 Å². The lowest BCUT2D eigenvalue weighted by atomic mass is 10.0. The molecule has 18 heavy (non-hydrogen) atoms. The van der Waals surface area contributed by atoms with Gasteiger partial charge in [0.1, 0.15) is 11.0 Å². The highest BCUT2D eigenvalue weighted by Gasteiger charge is 2.17. The Balaban J connectivity index is 2.36. The summed E-state index contributed by atoms with van der Waals surface area (Å²) < 4.78 is 36.3. The van der Waals surface area contributed by atoms with E-state index in [2.05, 4.69) is 24.7 Å². The minimum absolute atomic E-state index is 0.159. The molecule has 0 saturated heterocycles. The zero-order valence-corrected chi connectivity index (χ0v) is 11.2. The summed E-state index contributed by atoms with van der Waals surface area (Å²) in [5.41, 5.74) is 1.50. The van der Waals surface area contributed by atoms with E-state index in [9.17, 15) is 8.78 Å². The van der Waals surface area contributed by atoms with Gasteiger partial charge in [-0.3, -0.25) is 0 Å². The number of halogens is 3. The molecule has 0 spiro atoms. The van der Waals surface area contributed by atoms with Crippen molar-refractivity contribution in [2.75, 3.05) is 0 Å². The van der Waals surface area contributed by atoms with E-state index in [1.807, 2.05) is 0 Å². The molecular formula is C12H5BrF2N2S. The molecule has 2 nitrogen and oxygen atoms in total. The molecule has 0 unspecified atom stereocenters. The van der Waals surface area contributed by atoms with E-state index in [0.29, 0.717) is 16.6 Å². The Kier molecular flexibility index (Phi) is 2.83. The summed E-state index contributed by atoms with van der Waals surface area (Å²) in [4.78, 5) is 0. The molecule has 6 heteroatoms. The van der Waals surface area contributed by atoms with Crippen molar-refractivity contribution in [1.29, 1.82) is 0 Å². The first-order chi connectivity index (χ1) is 8.66. The molecule has 0 atom stereocenters. The average molecular weight is 327 g/mol. The zero-order chi connectivity index (χ0) is 12.7. The van der Waals surface area contributed by atoms with Crippen LogP contribution in [0.15, 0.2) is 34.8 Å². The maximum absolute atomic E-state index is 13.9. The summed E-state index contributed by atoms with van der Waals surface area (Å²) >= 11 is 4.24. The molecule has 0 bridgehead atoms. The second kappa shape index (κ2) is 4.37. The van der Waals surface area contributed by atoms with Crippen LogP contribution in [0, 0.1) is 11.6 Å². The molecule has 3 rings (SSSR count). The van der Waals surface area contributed by atoms with Crippen LogP contribution in [0.3, 0.4) is 0 Å². The predicted molar refractivity (Wildman–Crippen MR) is 70.5 cm³/mol. The summed E-state index contributed by atoms with van der Waals surface area (Å²) in [6.07, 6.45) is 0. The van der Waals surface area contributed by atoms with Gasteiger partial charge >= 0.3 is 0 Å². The van der Waals surface area contributed by atoms with Crippen LogP contribution < -0.4 is 0 Å². The fourth-order valence-electron chi connectivity index (χ4n) is 1.75. The van der Waals surface area contributed by atoms with Gasteiger partial charge in [0.15, 0.2) is 11.6 Å². The van der Waals surface area contributed by atoms with Crippen molar-refractivity contribution in [3.63, 3.8) is 0 Å². The summed E-state index contributed by atoms with van der Waals surface area (Å²) in [6, 6.07) is 8.02. The van der Waals surface area contributed by atoms with Crippen molar-refractivity contribution >= 4 is 38.7 Å². The van der Waals surface area contributed by atoms with Crippen molar-refractivity contribution in [3.05, 3.63) is 46.4 Å². The SMILES string of the molecule is Fc1cc2nsnc2c(-c2ccc(Br)cc2)c1F. The van der Waals surface area contributed by atoms with Gasteiger partial charge in [-0.15, -0.1) is 0 Å². The van der Waals surface area contributed by atoms with Crippen molar-refractivity contribution in [3.8, 4) is 11.1 Å². The first-order valence-electron chi connectivity index (χ1n) is 5.03. The van der Waals surface area contributed by atoms with Gasteiger partial charge in [-0.1, -0.05) is 28.1 Å². The topological polar surface area (TPSA) is 25.8 Å². The molecule has 90 valence electrons. The van der Waals surface area contributed by atoms with E-state index < -0.39 is 11.6 Å². The summed E-state index contributed by atoms with van der Waals surface area (Å²) in [6.45, 7) is 0. The number of hydrogen-bond acceptors (Lipinski definition) is 3. The highest BCUT2D eigenvalue weighted by Crippen LogP contribution is 2.32. The number of aromatic nitrogens is 2. The smallest absolute Gasteiger partial charge is 0.169 e. The Morgan fingerprint density at radius 3 is 2.50 bits per heavy atom. The molecule has 1 heterocycles. The molecule has 3 aromatic rings. The van der Waals surface area contributed by atoms with Crippen molar-refractivity contribution in [2.24, 2.45) is 0 Å². The number of hydrogen-bond donors (Lipinski definition) is 0. The quantitative estimate of drug-likeness (QED) is 0.662. The van der Waals surface area contributed by atoms with E-state index in [1.165, 1.54) is 0 Å². The lowest BCUT2D eigenvalue weighted by molar-refractivity contribution is 0.513. The van der Waals surface area contributed by atoms with E-state index in [1.54, 1.807) is 24.3 Å². The predicted octanol–water partition coefficient (Wildman–Crippen LogP) is 4.40. The van der Waals surface area contributed by atoms with Crippen LogP contribution in [-0.4, -0.2) is 8.75 Å². The number of rotatable bonds is 1. The van der Waals surface area contributed by atoms with Gasteiger partial charge in [0, 0.05) is 16.1 Å². The minimum Gasteiger partial charge on any atom is -0.204 e. The van der Waals surface area contributed by atoms with E-state index in [-0.39, 0.29) is 5.56 Å². The Labute approximate surface area is 114 Å².